The van der Waals surface area contributed by atoms with E-state index in [4.69, 9.17) is 19.9 Å². The summed E-state index contributed by atoms with van der Waals surface area (Å²) in [5.41, 5.74) is 9.86. The van der Waals surface area contributed by atoms with Crippen LogP contribution in [0.2, 0.25) is 0 Å². The van der Waals surface area contributed by atoms with Gasteiger partial charge in [0, 0.05) is 5.56 Å². The fraction of sp³-hybridized carbons (Fsp3) is 0.238. The molecule has 146 valence electrons. The number of rotatable bonds is 6. The first-order chi connectivity index (χ1) is 13.4. The number of methoxy groups -OCH3 is 3. The standard InChI is InChI=1S/C21H23N3O4/c1-12-6-7-13(2)16(8-12)24-21(22)15(11-23-24)19(25)14-9-17(26-3)20(28-5)18(10-14)27-4/h6-11H,22H2,1-5H3. The molecule has 2 N–H and O–H groups in total. The first kappa shape index (κ1) is 19.3. The number of carbonyl (C=O) groups is 1. The van der Waals surface area contributed by atoms with E-state index < -0.39 is 0 Å². The Kier molecular flexibility index (Phi) is 5.26. The van der Waals surface area contributed by atoms with Crippen molar-refractivity contribution in [1.29, 1.82) is 0 Å². The van der Waals surface area contributed by atoms with Crippen LogP contribution >= 0.6 is 0 Å². The lowest BCUT2D eigenvalue weighted by molar-refractivity contribution is 0.103. The van der Waals surface area contributed by atoms with Gasteiger partial charge in [-0.15, -0.1) is 0 Å². The second kappa shape index (κ2) is 7.64. The SMILES string of the molecule is COc1cc(C(=O)c2cnn(-c3cc(C)ccc3C)c2N)cc(OC)c1OC. The van der Waals surface area contributed by atoms with Crippen LogP contribution in [0.1, 0.15) is 27.0 Å². The van der Waals surface area contributed by atoms with E-state index in [2.05, 4.69) is 5.10 Å². The number of hydrogen-bond donors (Lipinski definition) is 1. The average molecular weight is 381 g/mol. The van der Waals surface area contributed by atoms with Crippen molar-refractivity contribution in [3.63, 3.8) is 0 Å². The number of carbonyl (C=O) groups excluding carboxylic acids is 1. The largest absolute Gasteiger partial charge is 0.493 e. The Balaban J connectivity index is 2.07. The summed E-state index contributed by atoms with van der Waals surface area (Å²) in [5.74, 6) is 1.19. The molecule has 2 aromatic carbocycles. The van der Waals surface area contributed by atoms with Crippen LogP contribution < -0.4 is 19.9 Å². The summed E-state index contributed by atoms with van der Waals surface area (Å²) in [6.07, 6.45) is 1.47. The van der Waals surface area contributed by atoms with E-state index in [-0.39, 0.29) is 11.6 Å². The first-order valence-electron chi connectivity index (χ1n) is 8.67. The molecule has 0 aliphatic carbocycles. The van der Waals surface area contributed by atoms with Crippen molar-refractivity contribution < 1.29 is 19.0 Å². The summed E-state index contributed by atoms with van der Waals surface area (Å²) in [4.78, 5) is 13.1. The molecule has 7 heteroatoms. The van der Waals surface area contributed by atoms with Crippen LogP contribution in [-0.4, -0.2) is 36.9 Å². The third kappa shape index (κ3) is 3.26. The quantitative estimate of drug-likeness (QED) is 0.659. The molecule has 3 rings (SSSR count). The first-order valence-corrected chi connectivity index (χ1v) is 8.67. The number of ketones is 1. The van der Waals surface area contributed by atoms with Gasteiger partial charge in [-0.2, -0.15) is 5.10 Å². The van der Waals surface area contributed by atoms with Crippen molar-refractivity contribution in [2.75, 3.05) is 27.1 Å². The molecule has 0 atom stereocenters. The lowest BCUT2D eigenvalue weighted by Crippen LogP contribution is -2.09. The number of anilines is 1. The molecule has 0 spiro atoms. The zero-order valence-electron chi connectivity index (χ0n) is 16.6. The highest BCUT2D eigenvalue weighted by Gasteiger charge is 2.22. The monoisotopic (exact) mass is 381 g/mol. The summed E-state index contributed by atoms with van der Waals surface area (Å²) >= 11 is 0. The fourth-order valence-corrected chi connectivity index (χ4v) is 3.04. The summed E-state index contributed by atoms with van der Waals surface area (Å²) in [6, 6.07) is 9.18. The summed E-state index contributed by atoms with van der Waals surface area (Å²) in [5, 5.41) is 4.34. The number of benzene rings is 2. The maximum absolute atomic E-state index is 13.1. The van der Waals surface area contributed by atoms with Crippen LogP contribution in [-0.2, 0) is 0 Å². The van der Waals surface area contributed by atoms with E-state index in [9.17, 15) is 4.79 Å². The second-order valence-corrected chi connectivity index (χ2v) is 6.39. The molecule has 0 fully saturated rings. The van der Waals surface area contributed by atoms with E-state index in [0.29, 0.717) is 28.4 Å². The van der Waals surface area contributed by atoms with Crippen molar-refractivity contribution in [3.8, 4) is 22.9 Å². The van der Waals surface area contributed by atoms with Gasteiger partial charge in [0.05, 0.1) is 38.8 Å². The highest BCUT2D eigenvalue weighted by molar-refractivity contribution is 6.12. The summed E-state index contributed by atoms with van der Waals surface area (Å²) in [7, 11) is 4.50. The van der Waals surface area contributed by atoms with Gasteiger partial charge in [-0.3, -0.25) is 4.79 Å². The highest BCUT2D eigenvalue weighted by atomic mass is 16.5. The van der Waals surface area contributed by atoms with Crippen LogP contribution in [0.3, 0.4) is 0 Å². The predicted octanol–water partition coefficient (Wildman–Crippen LogP) is 3.33. The van der Waals surface area contributed by atoms with E-state index >= 15 is 0 Å². The van der Waals surface area contributed by atoms with Crippen LogP contribution in [0.4, 0.5) is 5.82 Å². The minimum absolute atomic E-state index is 0.271. The average Bonchev–Trinajstić information content (AvgIpc) is 3.09. The number of ether oxygens (including phenoxy) is 3. The third-order valence-electron chi connectivity index (χ3n) is 4.57. The Hall–Kier alpha value is -3.48. The Morgan fingerprint density at radius 2 is 1.64 bits per heavy atom. The van der Waals surface area contributed by atoms with Gasteiger partial charge < -0.3 is 19.9 Å². The molecule has 0 aliphatic heterocycles. The molecular weight excluding hydrogens is 358 g/mol. The molecule has 28 heavy (non-hydrogen) atoms. The normalized spacial score (nSPS) is 10.6. The zero-order chi connectivity index (χ0) is 20.4. The highest BCUT2D eigenvalue weighted by Crippen LogP contribution is 2.39. The Bertz CT molecular complexity index is 1020. The van der Waals surface area contributed by atoms with Crippen molar-refractivity contribution in [2.45, 2.75) is 13.8 Å². The van der Waals surface area contributed by atoms with Gasteiger partial charge in [-0.25, -0.2) is 4.68 Å². The topological polar surface area (TPSA) is 88.6 Å². The Labute approximate surface area is 163 Å². The molecule has 7 nitrogen and oxygen atoms in total. The number of aryl methyl sites for hydroxylation is 2. The van der Waals surface area contributed by atoms with Crippen molar-refractivity contribution in [1.82, 2.24) is 9.78 Å². The minimum atomic E-state index is -0.284. The van der Waals surface area contributed by atoms with Gasteiger partial charge in [0.2, 0.25) is 5.75 Å². The predicted molar refractivity (Wildman–Crippen MR) is 107 cm³/mol. The van der Waals surface area contributed by atoms with E-state index in [0.717, 1.165) is 16.8 Å². The van der Waals surface area contributed by atoms with E-state index in [1.807, 2.05) is 32.0 Å². The molecule has 3 aromatic rings. The van der Waals surface area contributed by atoms with Crippen molar-refractivity contribution >= 4 is 11.6 Å². The Morgan fingerprint density at radius 3 is 2.21 bits per heavy atom. The molecule has 0 aliphatic rings. The molecule has 0 amide bonds. The number of aromatic nitrogens is 2. The fourth-order valence-electron chi connectivity index (χ4n) is 3.04. The van der Waals surface area contributed by atoms with E-state index in [1.165, 1.54) is 27.5 Å². The maximum Gasteiger partial charge on any atom is 0.203 e. The lowest BCUT2D eigenvalue weighted by Gasteiger charge is -2.13. The number of nitrogens with zero attached hydrogens (tertiary/aromatic N) is 2. The third-order valence-corrected chi connectivity index (χ3v) is 4.57. The van der Waals surface area contributed by atoms with Crippen LogP contribution in [0.15, 0.2) is 36.5 Å². The molecule has 0 unspecified atom stereocenters. The smallest absolute Gasteiger partial charge is 0.203 e. The van der Waals surface area contributed by atoms with Gasteiger partial charge in [-0.1, -0.05) is 12.1 Å². The molecule has 0 saturated heterocycles. The molecule has 0 radical (unpaired) electrons. The number of hydrogen-bond acceptors (Lipinski definition) is 6. The van der Waals surface area contributed by atoms with Crippen LogP contribution in [0, 0.1) is 13.8 Å². The van der Waals surface area contributed by atoms with Gasteiger partial charge in [-0.05, 0) is 43.2 Å². The molecule has 0 saturated carbocycles. The number of nitrogens with two attached hydrogens (primary N) is 1. The van der Waals surface area contributed by atoms with Crippen molar-refractivity contribution in [2.24, 2.45) is 0 Å². The van der Waals surface area contributed by atoms with Crippen molar-refractivity contribution in [3.05, 3.63) is 58.8 Å². The summed E-state index contributed by atoms with van der Waals surface area (Å²) < 4.78 is 17.5. The molecule has 1 aromatic heterocycles. The van der Waals surface area contributed by atoms with Gasteiger partial charge >= 0.3 is 0 Å². The van der Waals surface area contributed by atoms with E-state index in [1.54, 1.807) is 16.8 Å². The van der Waals surface area contributed by atoms with Gasteiger partial charge in [0.1, 0.15) is 5.82 Å². The lowest BCUT2D eigenvalue weighted by atomic mass is 10.0. The Morgan fingerprint density at radius 1 is 1.00 bits per heavy atom. The van der Waals surface area contributed by atoms with Crippen LogP contribution in [0.5, 0.6) is 17.2 Å². The minimum Gasteiger partial charge on any atom is -0.493 e. The summed E-state index contributed by atoms with van der Waals surface area (Å²) in [6.45, 7) is 3.96. The number of nitrogen functional groups attached to an aromatic ring is 1. The molecule has 1 heterocycles. The van der Waals surface area contributed by atoms with Gasteiger partial charge in [0.25, 0.3) is 0 Å². The van der Waals surface area contributed by atoms with Crippen LogP contribution in [0.25, 0.3) is 5.69 Å². The molecular formula is C21H23N3O4. The second-order valence-electron chi connectivity index (χ2n) is 6.39. The maximum atomic E-state index is 13.1. The van der Waals surface area contributed by atoms with Gasteiger partial charge in [0.15, 0.2) is 17.3 Å². The molecule has 0 bridgehead atoms. The zero-order valence-corrected chi connectivity index (χ0v) is 16.6.